The molecule has 0 unspecified atom stereocenters. The predicted octanol–water partition coefficient (Wildman–Crippen LogP) is 2.82. The number of halogens is 4. The molecule has 92 valence electrons. The van der Waals surface area contributed by atoms with E-state index in [4.69, 9.17) is 5.26 Å². The zero-order valence-electron chi connectivity index (χ0n) is 8.81. The van der Waals surface area contributed by atoms with Crippen molar-refractivity contribution in [3.63, 3.8) is 0 Å². The predicted molar refractivity (Wildman–Crippen MR) is 49.8 cm³/mol. The van der Waals surface area contributed by atoms with E-state index in [-0.39, 0.29) is 17.5 Å². The molecule has 3 nitrogen and oxygen atoms in total. The summed E-state index contributed by atoms with van der Waals surface area (Å²) in [4.78, 5) is 3.38. The molecule has 0 radical (unpaired) electrons. The standard InChI is InChI=1S/C10H8F4N2O/c1-6-7(2-3-15)5-16-9(8(6)4-11)17-10(12,13)14/h5H,2,4H2,1H3. The molecule has 0 aromatic carbocycles. The zero-order chi connectivity index (χ0) is 13.1. The Morgan fingerprint density at radius 3 is 2.59 bits per heavy atom. The van der Waals surface area contributed by atoms with Crippen molar-refractivity contribution < 1.29 is 22.3 Å². The molecule has 17 heavy (non-hydrogen) atoms. The van der Waals surface area contributed by atoms with Gasteiger partial charge in [0.25, 0.3) is 0 Å². The van der Waals surface area contributed by atoms with E-state index in [1.54, 1.807) is 0 Å². The molecular weight excluding hydrogens is 240 g/mol. The van der Waals surface area contributed by atoms with E-state index in [2.05, 4.69) is 9.72 Å². The van der Waals surface area contributed by atoms with Crippen molar-refractivity contribution in [3.05, 3.63) is 22.9 Å². The molecule has 7 heteroatoms. The van der Waals surface area contributed by atoms with Gasteiger partial charge in [-0.05, 0) is 18.1 Å². The fourth-order valence-corrected chi connectivity index (χ4v) is 1.28. The van der Waals surface area contributed by atoms with Crippen LogP contribution in [-0.2, 0) is 13.1 Å². The smallest absolute Gasteiger partial charge is 0.387 e. The minimum atomic E-state index is -4.92. The lowest BCUT2D eigenvalue weighted by Crippen LogP contribution is -2.19. The lowest BCUT2D eigenvalue weighted by molar-refractivity contribution is -0.276. The van der Waals surface area contributed by atoms with Gasteiger partial charge in [-0.2, -0.15) is 5.26 Å². The summed E-state index contributed by atoms with van der Waals surface area (Å²) in [7, 11) is 0. The molecule has 1 aromatic rings. The van der Waals surface area contributed by atoms with Gasteiger partial charge in [-0.25, -0.2) is 9.37 Å². The van der Waals surface area contributed by atoms with Crippen molar-refractivity contribution >= 4 is 0 Å². The Balaban J connectivity index is 3.17. The molecule has 0 N–H and O–H groups in total. The molecule has 0 aliphatic heterocycles. The van der Waals surface area contributed by atoms with Crippen LogP contribution in [0, 0.1) is 18.3 Å². The highest BCUT2D eigenvalue weighted by molar-refractivity contribution is 5.39. The lowest BCUT2D eigenvalue weighted by atomic mass is 10.0. The van der Waals surface area contributed by atoms with Crippen LogP contribution in [0.5, 0.6) is 5.88 Å². The number of alkyl halides is 4. The molecular formula is C10H8F4N2O. The fourth-order valence-electron chi connectivity index (χ4n) is 1.28. The maximum atomic E-state index is 12.7. The van der Waals surface area contributed by atoms with E-state index >= 15 is 0 Å². The number of hydrogen-bond donors (Lipinski definition) is 0. The third-order valence-corrected chi connectivity index (χ3v) is 2.15. The van der Waals surface area contributed by atoms with Gasteiger partial charge in [0.2, 0.25) is 5.88 Å². The minimum absolute atomic E-state index is 0.0435. The number of rotatable bonds is 3. The van der Waals surface area contributed by atoms with Crippen LogP contribution < -0.4 is 4.74 Å². The van der Waals surface area contributed by atoms with E-state index in [1.165, 1.54) is 6.92 Å². The van der Waals surface area contributed by atoms with Crippen LogP contribution in [0.4, 0.5) is 17.6 Å². The number of aromatic nitrogens is 1. The van der Waals surface area contributed by atoms with Crippen LogP contribution >= 0.6 is 0 Å². The van der Waals surface area contributed by atoms with Crippen LogP contribution in [0.1, 0.15) is 16.7 Å². The quantitative estimate of drug-likeness (QED) is 0.772. The second kappa shape index (κ2) is 4.99. The third kappa shape index (κ3) is 3.31. The highest BCUT2D eigenvalue weighted by atomic mass is 19.4. The van der Waals surface area contributed by atoms with Gasteiger partial charge in [-0.15, -0.1) is 13.2 Å². The largest absolute Gasteiger partial charge is 0.574 e. The summed E-state index contributed by atoms with van der Waals surface area (Å²) in [6, 6.07) is 1.82. The van der Waals surface area contributed by atoms with E-state index in [0.29, 0.717) is 5.56 Å². The SMILES string of the molecule is Cc1c(CC#N)cnc(OC(F)(F)F)c1CF. The van der Waals surface area contributed by atoms with E-state index in [0.717, 1.165) is 6.20 Å². The average Bonchev–Trinajstić information content (AvgIpc) is 2.21. The summed E-state index contributed by atoms with van der Waals surface area (Å²) < 4.78 is 52.3. The molecule has 0 saturated carbocycles. The summed E-state index contributed by atoms with van der Waals surface area (Å²) in [5.41, 5.74) is 0.355. The maximum Gasteiger partial charge on any atom is 0.574 e. The number of pyridine rings is 1. The molecule has 0 aliphatic carbocycles. The summed E-state index contributed by atoms with van der Waals surface area (Å²) >= 11 is 0. The van der Waals surface area contributed by atoms with Crippen LogP contribution in [-0.4, -0.2) is 11.3 Å². The molecule has 0 aliphatic rings. The number of ether oxygens (including phenoxy) is 1. The zero-order valence-corrected chi connectivity index (χ0v) is 8.81. The van der Waals surface area contributed by atoms with Crippen molar-refractivity contribution in [2.24, 2.45) is 0 Å². The fraction of sp³-hybridized carbons (Fsp3) is 0.400. The summed E-state index contributed by atoms with van der Waals surface area (Å²) in [5, 5.41) is 8.48. The molecule has 0 atom stereocenters. The Kier molecular flexibility index (Phi) is 3.89. The Morgan fingerprint density at radius 1 is 1.47 bits per heavy atom. The first-order valence-corrected chi connectivity index (χ1v) is 4.55. The molecule has 0 fully saturated rings. The first-order chi connectivity index (χ1) is 7.89. The molecule has 1 aromatic heterocycles. The van der Waals surface area contributed by atoms with Crippen LogP contribution in [0.3, 0.4) is 0 Å². The topological polar surface area (TPSA) is 45.9 Å². The highest BCUT2D eigenvalue weighted by Gasteiger charge is 2.33. The van der Waals surface area contributed by atoms with Gasteiger partial charge in [-0.3, -0.25) is 0 Å². The molecule has 0 amide bonds. The monoisotopic (exact) mass is 248 g/mol. The van der Waals surface area contributed by atoms with E-state index in [9.17, 15) is 17.6 Å². The van der Waals surface area contributed by atoms with E-state index in [1.807, 2.05) is 6.07 Å². The van der Waals surface area contributed by atoms with Gasteiger partial charge >= 0.3 is 6.36 Å². The first kappa shape index (κ1) is 13.2. The maximum absolute atomic E-state index is 12.7. The van der Waals surface area contributed by atoms with Gasteiger partial charge < -0.3 is 4.74 Å². The molecule has 0 spiro atoms. The third-order valence-electron chi connectivity index (χ3n) is 2.15. The first-order valence-electron chi connectivity index (χ1n) is 4.55. The summed E-state index contributed by atoms with van der Waals surface area (Å²) in [6.45, 7) is 0.288. The van der Waals surface area contributed by atoms with Crippen molar-refractivity contribution in [1.29, 1.82) is 5.26 Å². The second-order valence-electron chi connectivity index (χ2n) is 3.21. The number of nitriles is 1. The summed E-state index contributed by atoms with van der Waals surface area (Å²) in [5.74, 6) is -0.806. The number of nitrogens with zero attached hydrogens (tertiary/aromatic N) is 2. The Hall–Kier alpha value is -1.84. The van der Waals surface area contributed by atoms with Crippen molar-refractivity contribution in [2.45, 2.75) is 26.4 Å². The van der Waals surface area contributed by atoms with Gasteiger partial charge in [0, 0.05) is 11.8 Å². The van der Waals surface area contributed by atoms with Crippen molar-refractivity contribution in [3.8, 4) is 11.9 Å². The van der Waals surface area contributed by atoms with Crippen molar-refractivity contribution in [2.75, 3.05) is 0 Å². The van der Waals surface area contributed by atoms with Gasteiger partial charge in [0.15, 0.2) is 0 Å². The summed E-state index contributed by atoms with van der Waals surface area (Å²) in [6.07, 6.45) is -3.88. The lowest BCUT2D eigenvalue weighted by Gasteiger charge is -2.13. The van der Waals surface area contributed by atoms with Crippen LogP contribution in [0.15, 0.2) is 6.20 Å². The molecule has 1 rings (SSSR count). The minimum Gasteiger partial charge on any atom is -0.387 e. The Morgan fingerprint density at radius 2 is 2.12 bits per heavy atom. The van der Waals surface area contributed by atoms with E-state index < -0.39 is 18.9 Å². The average molecular weight is 248 g/mol. The second-order valence-corrected chi connectivity index (χ2v) is 3.21. The van der Waals surface area contributed by atoms with Gasteiger partial charge in [0.05, 0.1) is 12.5 Å². The molecule has 0 bridgehead atoms. The molecule has 0 saturated heterocycles. The highest BCUT2D eigenvalue weighted by Crippen LogP contribution is 2.28. The Bertz CT molecular complexity index is 451. The number of hydrogen-bond acceptors (Lipinski definition) is 3. The van der Waals surface area contributed by atoms with Gasteiger partial charge in [0.1, 0.15) is 6.67 Å². The normalized spacial score (nSPS) is 11.1. The molecule has 1 heterocycles. The van der Waals surface area contributed by atoms with Crippen molar-refractivity contribution in [1.82, 2.24) is 4.98 Å². The van der Waals surface area contributed by atoms with Gasteiger partial charge in [-0.1, -0.05) is 0 Å². The Labute approximate surface area is 94.6 Å². The van der Waals surface area contributed by atoms with Crippen LogP contribution in [0.2, 0.25) is 0 Å². The van der Waals surface area contributed by atoms with Crippen LogP contribution in [0.25, 0.3) is 0 Å².